The largest absolute Gasteiger partial charge is 0.356 e. The fraction of sp³-hybridized carbons (Fsp3) is 0.708. The Morgan fingerprint density at radius 3 is 2.17 bits per heavy atom. The van der Waals surface area contributed by atoms with Gasteiger partial charge >= 0.3 is 0 Å². The molecule has 30 heavy (non-hydrogen) atoms. The lowest BCUT2D eigenvalue weighted by molar-refractivity contribution is 0.124. The van der Waals surface area contributed by atoms with E-state index in [0.29, 0.717) is 5.92 Å². The summed E-state index contributed by atoms with van der Waals surface area (Å²) in [4.78, 5) is 9.50. The van der Waals surface area contributed by atoms with Gasteiger partial charge in [0, 0.05) is 52.9 Å². The van der Waals surface area contributed by atoms with Gasteiger partial charge in [0.15, 0.2) is 5.96 Å². The molecule has 6 heteroatoms. The van der Waals surface area contributed by atoms with Crippen molar-refractivity contribution in [2.24, 2.45) is 10.9 Å². The molecule has 1 saturated heterocycles. The van der Waals surface area contributed by atoms with Crippen LogP contribution in [0.5, 0.6) is 0 Å². The van der Waals surface area contributed by atoms with Gasteiger partial charge in [0.05, 0.1) is 0 Å². The molecule has 172 valence electrons. The van der Waals surface area contributed by atoms with Crippen molar-refractivity contribution in [3.63, 3.8) is 0 Å². The number of nitrogens with zero attached hydrogens (tertiary/aromatic N) is 3. The molecule has 0 saturated carbocycles. The van der Waals surface area contributed by atoms with Gasteiger partial charge in [-0.15, -0.1) is 24.0 Å². The van der Waals surface area contributed by atoms with Gasteiger partial charge in [-0.05, 0) is 35.4 Å². The van der Waals surface area contributed by atoms with Gasteiger partial charge in [-0.3, -0.25) is 4.99 Å². The van der Waals surface area contributed by atoms with Gasteiger partial charge in [0.25, 0.3) is 0 Å². The Balaban J connectivity index is 0.00000450. The number of aliphatic imine (C=N–C) groups is 1. The lowest BCUT2D eigenvalue weighted by Gasteiger charge is -2.35. The number of rotatable bonds is 8. The predicted octanol–water partition coefficient (Wildman–Crippen LogP) is 3.58. The maximum atomic E-state index is 4.38. The molecule has 1 aliphatic rings. The highest BCUT2D eigenvalue weighted by Gasteiger charge is 2.17. The van der Waals surface area contributed by atoms with Crippen LogP contribution < -0.4 is 10.6 Å². The summed E-state index contributed by atoms with van der Waals surface area (Å²) < 4.78 is 0. The standard InChI is InChI=1S/C24H43N5.HI/c1-7-28-14-16-29(17-15-28)19-20(2)18-27-23(25-6)26-13-12-21-8-10-22(11-9-21)24(3,4)5;/h8-11,20H,7,12-19H2,1-6H3,(H2,25,26,27);1H. The molecule has 0 aromatic heterocycles. The second-order valence-electron chi connectivity index (χ2n) is 9.42. The van der Waals surface area contributed by atoms with Crippen molar-refractivity contribution in [3.05, 3.63) is 35.4 Å². The van der Waals surface area contributed by atoms with Gasteiger partial charge < -0.3 is 20.4 Å². The van der Waals surface area contributed by atoms with E-state index in [-0.39, 0.29) is 29.4 Å². The summed E-state index contributed by atoms with van der Waals surface area (Å²) in [6.07, 6.45) is 1.00. The van der Waals surface area contributed by atoms with Gasteiger partial charge in [-0.2, -0.15) is 0 Å². The van der Waals surface area contributed by atoms with E-state index in [1.807, 2.05) is 7.05 Å². The Bertz CT molecular complexity index is 615. The third-order valence-electron chi connectivity index (χ3n) is 5.85. The number of halogens is 1. The molecule has 1 heterocycles. The van der Waals surface area contributed by atoms with Crippen LogP contribution in [0.1, 0.15) is 45.7 Å². The lowest BCUT2D eigenvalue weighted by atomic mass is 9.86. The fourth-order valence-corrected chi connectivity index (χ4v) is 3.78. The van der Waals surface area contributed by atoms with Crippen molar-refractivity contribution in [1.82, 2.24) is 20.4 Å². The van der Waals surface area contributed by atoms with Crippen LogP contribution in [-0.4, -0.2) is 75.2 Å². The predicted molar refractivity (Wildman–Crippen MR) is 141 cm³/mol. The lowest BCUT2D eigenvalue weighted by Crippen LogP contribution is -2.48. The van der Waals surface area contributed by atoms with Crippen molar-refractivity contribution in [3.8, 4) is 0 Å². The van der Waals surface area contributed by atoms with Gasteiger partial charge in [-0.1, -0.05) is 58.9 Å². The molecular formula is C24H44IN5. The molecule has 0 spiro atoms. The highest BCUT2D eigenvalue weighted by molar-refractivity contribution is 14.0. The van der Waals surface area contributed by atoms with E-state index >= 15 is 0 Å². The van der Waals surface area contributed by atoms with Crippen LogP contribution in [0.3, 0.4) is 0 Å². The molecule has 0 radical (unpaired) electrons. The number of piperazine rings is 1. The average molecular weight is 530 g/mol. The average Bonchev–Trinajstić information content (AvgIpc) is 2.70. The van der Waals surface area contributed by atoms with Crippen LogP contribution in [0.25, 0.3) is 0 Å². The topological polar surface area (TPSA) is 42.9 Å². The summed E-state index contributed by atoms with van der Waals surface area (Å²) in [7, 11) is 1.85. The zero-order valence-electron chi connectivity index (χ0n) is 20.0. The fourth-order valence-electron chi connectivity index (χ4n) is 3.78. The van der Waals surface area contributed by atoms with Gasteiger partial charge in [0.1, 0.15) is 0 Å². The number of hydrogen-bond acceptors (Lipinski definition) is 3. The van der Waals surface area contributed by atoms with Crippen LogP contribution in [0.4, 0.5) is 0 Å². The molecule has 1 aromatic rings. The van der Waals surface area contributed by atoms with Crippen molar-refractivity contribution < 1.29 is 0 Å². The quantitative estimate of drug-likeness (QED) is 0.307. The van der Waals surface area contributed by atoms with Crippen LogP contribution in [-0.2, 0) is 11.8 Å². The van der Waals surface area contributed by atoms with E-state index in [4.69, 9.17) is 0 Å². The molecule has 1 fully saturated rings. The number of likely N-dealkylation sites (N-methyl/N-ethyl adjacent to an activating group) is 1. The van der Waals surface area contributed by atoms with E-state index in [1.54, 1.807) is 0 Å². The van der Waals surface area contributed by atoms with Crippen LogP contribution in [0, 0.1) is 5.92 Å². The Morgan fingerprint density at radius 1 is 1.03 bits per heavy atom. The van der Waals surface area contributed by atoms with E-state index in [1.165, 1.54) is 43.9 Å². The number of hydrogen-bond donors (Lipinski definition) is 2. The Kier molecular flexibility index (Phi) is 12.3. The molecule has 0 aliphatic carbocycles. The highest BCUT2D eigenvalue weighted by atomic mass is 127. The van der Waals surface area contributed by atoms with Crippen LogP contribution in [0.2, 0.25) is 0 Å². The van der Waals surface area contributed by atoms with Crippen molar-refractivity contribution in [2.45, 2.75) is 46.5 Å². The first kappa shape index (κ1) is 27.2. The Hall–Kier alpha value is -0.860. The molecule has 2 N–H and O–H groups in total. The summed E-state index contributed by atoms with van der Waals surface area (Å²) in [5.74, 6) is 1.51. The summed E-state index contributed by atoms with van der Waals surface area (Å²) in [6, 6.07) is 9.01. The molecule has 1 aliphatic heterocycles. The number of nitrogens with one attached hydrogen (secondary N) is 2. The number of guanidine groups is 1. The molecule has 5 nitrogen and oxygen atoms in total. The molecule has 1 aromatic carbocycles. The first-order chi connectivity index (χ1) is 13.8. The monoisotopic (exact) mass is 529 g/mol. The maximum absolute atomic E-state index is 4.38. The minimum Gasteiger partial charge on any atom is -0.356 e. The number of benzene rings is 1. The zero-order valence-corrected chi connectivity index (χ0v) is 22.3. The van der Waals surface area contributed by atoms with E-state index in [0.717, 1.165) is 32.0 Å². The molecule has 1 unspecified atom stereocenters. The second kappa shape index (κ2) is 13.5. The van der Waals surface area contributed by atoms with Crippen LogP contribution >= 0.6 is 24.0 Å². The van der Waals surface area contributed by atoms with Crippen molar-refractivity contribution in [1.29, 1.82) is 0 Å². The Labute approximate surface area is 202 Å². The second-order valence-corrected chi connectivity index (χ2v) is 9.42. The van der Waals surface area contributed by atoms with Crippen molar-refractivity contribution >= 4 is 29.9 Å². The zero-order chi connectivity index (χ0) is 21.3. The highest BCUT2D eigenvalue weighted by Crippen LogP contribution is 2.22. The first-order valence-corrected chi connectivity index (χ1v) is 11.3. The molecule has 2 rings (SSSR count). The summed E-state index contributed by atoms with van der Waals surface area (Å²) in [5.41, 5.74) is 2.96. The smallest absolute Gasteiger partial charge is 0.190 e. The van der Waals surface area contributed by atoms with E-state index in [2.05, 4.69) is 84.3 Å². The Morgan fingerprint density at radius 2 is 1.63 bits per heavy atom. The van der Waals surface area contributed by atoms with Gasteiger partial charge in [-0.25, -0.2) is 0 Å². The molecule has 0 amide bonds. The molecule has 0 bridgehead atoms. The summed E-state index contributed by atoms with van der Waals surface area (Å²) >= 11 is 0. The van der Waals surface area contributed by atoms with Crippen molar-refractivity contribution in [2.75, 3.05) is 59.4 Å². The van der Waals surface area contributed by atoms with E-state index in [9.17, 15) is 0 Å². The normalized spacial score (nSPS) is 17.3. The minimum absolute atomic E-state index is 0. The molecular weight excluding hydrogens is 485 g/mol. The van der Waals surface area contributed by atoms with Gasteiger partial charge in [0.2, 0.25) is 0 Å². The van der Waals surface area contributed by atoms with E-state index < -0.39 is 0 Å². The summed E-state index contributed by atoms with van der Waals surface area (Å²) in [5, 5.41) is 6.95. The third kappa shape index (κ3) is 9.52. The third-order valence-corrected chi connectivity index (χ3v) is 5.85. The summed E-state index contributed by atoms with van der Waals surface area (Å²) in [6.45, 7) is 20.3. The van der Waals surface area contributed by atoms with Crippen LogP contribution in [0.15, 0.2) is 29.3 Å². The first-order valence-electron chi connectivity index (χ1n) is 11.3. The minimum atomic E-state index is 0. The maximum Gasteiger partial charge on any atom is 0.190 e. The molecule has 1 atom stereocenters. The SMILES string of the molecule is CCN1CCN(CC(C)CNC(=NC)NCCc2ccc(C(C)(C)C)cc2)CC1.I.